The van der Waals surface area contributed by atoms with E-state index in [0.29, 0.717) is 5.17 Å². The molecule has 0 bridgehead atoms. The third-order valence-corrected chi connectivity index (χ3v) is 2.19. The van der Waals surface area contributed by atoms with E-state index in [9.17, 15) is 0 Å². The molecule has 0 aliphatic heterocycles. The van der Waals surface area contributed by atoms with Crippen molar-refractivity contribution >= 4 is 23.1 Å². The van der Waals surface area contributed by atoms with Crippen LogP contribution in [0.15, 0.2) is 34.5 Å². The summed E-state index contributed by atoms with van der Waals surface area (Å²) in [5.74, 6) is 0.819. The SMILES string of the molecule is COc1ccc(C=N/N=C(/N)SC)cc1. The Morgan fingerprint density at radius 1 is 1.40 bits per heavy atom. The number of hydrogen-bond donors (Lipinski definition) is 1. The largest absolute Gasteiger partial charge is 0.497 e. The summed E-state index contributed by atoms with van der Waals surface area (Å²) in [6.45, 7) is 0. The van der Waals surface area contributed by atoms with Gasteiger partial charge >= 0.3 is 0 Å². The van der Waals surface area contributed by atoms with Gasteiger partial charge in [0.2, 0.25) is 0 Å². The van der Waals surface area contributed by atoms with Crippen molar-refractivity contribution < 1.29 is 4.74 Å². The van der Waals surface area contributed by atoms with Crippen LogP contribution in [0.1, 0.15) is 5.56 Å². The smallest absolute Gasteiger partial charge is 0.180 e. The van der Waals surface area contributed by atoms with Gasteiger partial charge in [0.25, 0.3) is 0 Å². The second-order valence-corrected chi connectivity index (χ2v) is 3.49. The topological polar surface area (TPSA) is 60.0 Å². The van der Waals surface area contributed by atoms with E-state index in [-0.39, 0.29) is 0 Å². The Morgan fingerprint density at radius 2 is 2.07 bits per heavy atom. The fourth-order valence-corrected chi connectivity index (χ4v) is 1.01. The lowest BCUT2D eigenvalue weighted by molar-refractivity contribution is 0.415. The fourth-order valence-electron chi connectivity index (χ4n) is 0.883. The first-order valence-corrected chi connectivity index (χ1v) is 5.53. The second-order valence-electron chi connectivity index (χ2n) is 2.66. The first kappa shape index (κ1) is 11.6. The van der Waals surface area contributed by atoms with Crippen LogP contribution in [0.2, 0.25) is 0 Å². The predicted molar refractivity (Wildman–Crippen MR) is 65.7 cm³/mol. The molecule has 5 heteroatoms. The molecule has 0 radical (unpaired) electrons. The number of nitrogens with two attached hydrogens (primary N) is 1. The summed E-state index contributed by atoms with van der Waals surface area (Å²) in [6, 6.07) is 7.52. The van der Waals surface area contributed by atoms with Crippen molar-refractivity contribution in [2.24, 2.45) is 15.9 Å². The molecule has 0 spiro atoms. The molecule has 0 saturated heterocycles. The number of amidine groups is 1. The van der Waals surface area contributed by atoms with Crippen molar-refractivity contribution in [1.82, 2.24) is 0 Å². The van der Waals surface area contributed by atoms with E-state index in [1.165, 1.54) is 11.8 Å². The van der Waals surface area contributed by atoms with Gasteiger partial charge in [-0.1, -0.05) is 11.8 Å². The third kappa shape index (κ3) is 4.03. The summed E-state index contributed by atoms with van der Waals surface area (Å²) < 4.78 is 5.03. The molecule has 1 aromatic carbocycles. The molecular formula is C10H13N3OS. The third-order valence-electron chi connectivity index (χ3n) is 1.69. The van der Waals surface area contributed by atoms with Gasteiger partial charge in [-0.25, -0.2) is 0 Å². The van der Waals surface area contributed by atoms with Crippen LogP contribution in [0.25, 0.3) is 0 Å². The number of ether oxygens (including phenoxy) is 1. The van der Waals surface area contributed by atoms with E-state index in [0.717, 1.165) is 11.3 Å². The van der Waals surface area contributed by atoms with Gasteiger partial charge in [0.15, 0.2) is 5.17 Å². The highest BCUT2D eigenvalue weighted by Gasteiger charge is 1.90. The Hall–Kier alpha value is -1.49. The molecule has 0 unspecified atom stereocenters. The van der Waals surface area contributed by atoms with Crippen LogP contribution in [-0.4, -0.2) is 24.7 Å². The highest BCUT2D eigenvalue weighted by atomic mass is 32.2. The van der Waals surface area contributed by atoms with Gasteiger partial charge < -0.3 is 10.5 Å². The van der Waals surface area contributed by atoms with Crippen LogP contribution in [-0.2, 0) is 0 Å². The Labute approximate surface area is 93.2 Å². The number of methoxy groups -OCH3 is 1. The van der Waals surface area contributed by atoms with Crippen LogP contribution in [0.5, 0.6) is 5.75 Å². The molecule has 0 atom stereocenters. The van der Waals surface area contributed by atoms with Gasteiger partial charge in [0.05, 0.1) is 13.3 Å². The lowest BCUT2D eigenvalue weighted by atomic mass is 10.2. The number of thioether (sulfide) groups is 1. The zero-order valence-corrected chi connectivity index (χ0v) is 9.49. The Balaban J connectivity index is 2.65. The molecule has 0 amide bonds. The van der Waals surface area contributed by atoms with Gasteiger partial charge in [-0.2, -0.15) is 5.10 Å². The van der Waals surface area contributed by atoms with Crippen molar-refractivity contribution in [2.45, 2.75) is 0 Å². The quantitative estimate of drug-likeness (QED) is 0.482. The van der Waals surface area contributed by atoms with Gasteiger partial charge in [0, 0.05) is 0 Å². The van der Waals surface area contributed by atoms with E-state index in [4.69, 9.17) is 10.5 Å². The maximum atomic E-state index is 5.46. The van der Waals surface area contributed by atoms with Crippen LogP contribution >= 0.6 is 11.8 Å². The van der Waals surface area contributed by atoms with Crippen molar-refractivity contribution in [2.75, 3.05) is 13.4 Å². The van der Waals surface area contributed by atoms with E-state index in [1.54, 1.807) is 13.3 Å². The van der Waals surface area contributed by atoms with E-state index in [1.807, 2.05) is 30.5 Å². The molecule has 4 nitrogen and oxygen atoms in total. The lowest BCUT2D eigenvalue weighted by Gasteiger charge is -1.97. The number of nitrogens with zero attached hydrogens (tertiary/aromatic N) is 2. The Bertz CT molecular complexity index is 359. The molecule has 0 aliphatic carbocycles. The molecule has 0 saturated carbocycles. The van der Waals surface area contributed by atoms with E-state index >= 15 is 0 Å². The summed E-state index contributed by atoms with van der Waals surface area (Å²) in [6.07, 6.45) is 3.49. The van der Waals surface area contributed by atoms with Crippen LogP contribution in [0, 0.1) is 0 Å². The van der Waals surface area contributed by atoms with E-state index < -0.39 is 0 Å². The molecule has 0 fully saturated rings. The maximum Gasteiger partial charge on any atom is 0.180 e. The molecule has 1 aromatic rings. The fraction of sp³-hybridized carbons (Fsp3) is 0.200. The second kappa shape index (κ2) is 6.08. The minimum absolute atomic E-state index is 0.444. The van der Waals surface area contributed by atoms with Crippen LogP contribution < -0.4 is 10.5 Å². The van der Waals surface area contributed by atoms with Crippen molar-refractivity contribution in [3.8, 4) is 5.75 Å². The Morgan fingerprint density at radius 3 is 2.60 bits per heavy atom. The number of rotatable bonds is 3. The lowest BCUT2D eigenvalue weighted by Crippen LogP contribution is -2.03. The van der Waals surface area contributed by atoms with Crippen molar-refractivity contribution in [3.63, 3.8) is 0 Å². The number of hydrogen-bond acceptors (Lipinski definition) is 4. The molecule has 0 heterocycles. The minimum atomic E-state index is 0.444. The molecule has 2 N–H and O–H groups in total. The van der Waals surface area contributed by atoms with Gasteiger partial charge in [-0.3, -0.25) is 0 Å². The summed E-state index contributed by atoms with van der Waals surface area (Å²) in [5.41, 5.74) is 6.41. The average molecular weight is 223 g/mol. The molecule has 0 aromatic heterocycles. The van der Waals surface area contributed by atoms with Crippen LogP contribution in [0.3, 0.4) is 0 Å². The first-order valence-electron chi connectivity index (χ1n) is 4.31. The molecule has 1 rings (SSSR count). The van der Waals surface area contributed by atoms with Gasteiger partial charge in [-0.05, 0) is 36.1 Å². The predicted octanol–water partition coefficient (Wildman–Crippen LogP) is 1.71. The molecule has 15 heavy (non-hydrogen) atoms. The highest BCUT2D eigenvalue weighted by Crippen LogP contribution is 2.09. The summed E-state index contributed by atoms with van der Waals surface area (Å²) in [7, 11) is 1.63. The van der Waals surface area contributed by atoms with Crippen molar-refractivity contribution in [3.05, 3.63) is 29.8 Å². The minimum Gasteiger partial charge on any atom is -0.497 e. The summed E-state index contributed by atoms with van der Waals surface area (Å²) >= 11 is 1.36. The standard InChI is InChI=1S/C10H13N3OS/c1-14-9-5-3-8(4-6-9)7-12-13-10(11)15-2/h3-7H,1-2H3,(H2,11,13). The highest BCUT2D eigenvalue weighted by molar-refractivity contribution is 8.13. The average Bonchev–Trinajstić information content (AvgIpc) is 2.29. The normalized spacial score (nSPS) is 12.0. The number of benzene rings is 1. The maximum absolute atomic E-state index is 5.46. The first-order chi connectivity index (χ1) is 7.26. The zero-order chi connectivity index (χ0) is 11.1. The monoisotopic (exact) mass is 223 g/mol. The van der Waals surface area contributed by atoms with Gasteiger partial charge in [-0.15, -0.1) is 5.10 Å². The van der Waals surface area contributed by atoms with E-state index in [2.05, 4.69) is 10.2 Å². The summed E-state index contributed by atoms with van der Waals surface area (Å²) in [4.78, 5) is 0. The van der Waals surface area contributed by atoms with Gasteiger partial charge in [0.1, 0.15) is 5.75 Å². The van der Waals surface area contributed by atoms with Crippen LogP contribution in [0.4, 0.5) is 0 Å². The molecule has 80 valence electrons. The molecule has 0 aliphatic rings. The zero-order valence-electron chi connectivity index (χ0n) is 8.68. The van der Waals surface area contributed by atoms with Crippen molar-refractivity contribution in [1.29, 1.82) is 0 Å². The Kier molecular flexibility index (Phi) is 4.70. The molecular weight excluding hydrogens is 210 g/mol. The summed E-state index contributed by atoms with van der Waals surface area (Å²) in [5, 5.41) is 8.06.